The lowest BCUT2D eigenvalue weighted by Crippen LogP contribution is -2.34. The minimum Gasteiger partial charge on any atom is -0.358 e. The van der Waals surface area contributed by atoms with Gasteiger partial charge in [0.2, 0.25) is 0 Å². The van der Waals surface area contributed by atoms with Gasteiger partial charge in [0.15, 0.2) is 0 Å². The van der Waals surface area contributed by atoms with Gasteiger partial charge < -0.3 is 20.5 Å². The molecule has 0 aromatic rings. The van der Waals surface area contributed by atoms with Gasteiger partial charge in [-0.25, -0.2) is 0 Å². The van der Waals surface area contributed by atoms with Gasteiger partial charge in [0, 0.05) is 27.3 Å². The molecule has 0 fully saturated rings. The highest BCUT2D eigenvalue weighted by Gasteiger charge is 2.20. The summed E-state index contributed by atoms with van der Waals surface area (Å²) in [7, 11) is 4.36. The molecule has 0 aromatic carbocycles. The van der Waals surface area contributed by atoms with Crippen molar-refractivity contribution in [3.05, 3.63) is 0 Å². The van der Waals surface area contributed by atoms with Gasteiger partial charge >= 0.3 is 0 Å². The Labute approximate surface area is 96.3 Å². The van der Waals surface area contributed by atoms with Crippen molar-refractivity contribution in [3.63, 3.8) is 0 Å². The minimum atomic E-state index is -0.273. The van der Waals surface area contributed by atoms with Crippen LogP contribution in [0.3, 0.4) is 0 Å². The zero-order valence-electron chi connectivity index (χ0n) is 10.3. The third kappa shape index (κ3) is 7.93. The molecule has 5 heteroatoms. The number of ether oxygens (including phenoxy) is 2. The fourth-order valence-electron chi connectivity index (χ4n) is 1.39. The lowest BCUT2D eigenvalue weighted by molar-refractivity contribution is -0.146. The minimum absolute atomic E-state index is 0.273. The molecule has 0 rings (SSSR count). The van der Waals surface area contributed by atoms with Gasteiger partial charge in [-0.05, 0) is 25.8 Å². The Morgan fingerprint density at radius 3 is 2.33 bits per heavy atom. The van der Waals surface area contributed by atoms with Crippen LogP contribution in [0.5, 0.6) is 0 Å². The molecule has 0 radical (unpaired) electrons. The van der Waals surface area contributed by atoms with E-state index < -0.39 is 0 Å². The van der Waals surface area contributed by atoms with Crippen molar-refractivity contribution in [1.29, 1.82) is 0 Å². The molecular formula is C10H26N2O2Si. The molecule has 92 valence electrons. The fourth-order valence-corrected chi connectivity index (χ4v) is 1.74. The van der Waals surface area contributed by atoms with Crippen LogP contribution in [-0.4, -0.2) is 49.5 Å². The van der Waals surface area contributed by atoms with Gasteiger partial charge in [0.1, 0.15) is 5.41 Å². The van der Waals surface area contributed by atoms with Crippen LogP contribution in [0.4, 0.5) is 0 Å². The molecule has 0 heterocycles. The van der Waals surface area contributed by atoms with Crippen LogP contribution in [0, 0.1) is 0 Å². The van der Waals surface area contributed by atoms with Gasteiger partial charge in [-0.15, -0.1) is 0 Å². The van der Waals surface area contributed by atoms with E-state index in [1.54, 1.807) is 14.2 Å². The second-order valence-electron chi connectivity index (χ2n) is 3.89. The van der Waals surface area contributed by atoms with Crippen LogP contribution in [0.2, 0.25) is 0 Å². The number of unbranched alkanes of at least 4 members (excludes halogenated alkanes) is 2. The molecule has 0 aliphatic heterocycles. The van der Waals surface area contributed by atoms with Crippen LogP contribution in [0.1, 0.15) is 25.7 Å². The molecule has 0 aliphatic rings. The second-order valence-corrected chi connectivity index (χ2v) is 5.41. The van der Waals surface area contributed by atoms with E-state index in [9.17, 15) is 0 Å². The molecule has 0 atom stereocenters. The summed E-state index contributed by atoms with van der Waals surface area (Å²) < 4.78 is 10.7. The van der Waals surface area contributed by atoms with E-state index >= 15 is 0 Å². The highest BCUT2D eigenvalue weighted by molar-refractivity contribution is 6.13. The maximum Gasteiger partial charge on any atom is 0.140 e. The first-order valence-corrected chi connectivity index (χ1v) is 6.69. The van der Waals surface area contributed by atoms with Gasteiger partial charge in [-0.2, -0.15) is 0 Å². The molecule has 0 bridgehead atoms. The maximum atomic E-state index is 5.37. The Balaban J connectivity index is 3.29. The Bertz CT molecular complexity index is 143. The van der Waals surface area contributed by atoms with E-state index in [-0.39, 0.29) is 5.41 Å². The van der Waals surface area contributed by atoms with Crippen molar-refractivity contribution in [2.24, 2.45) is 5.73 Å². The monoisotopic (exact) mass is 234 g/mol. The highest BCUT2D eigenvalue weighted by atomic mass is 28.1. The summed E-state index contributed by atoms with van der Waals surface area (Å²) in [6.07, 6.45) is 4.58. The smallest absolute Gasteiger partial charge is 0.140 e. The molecule has 3 N–H and O–H groups in total. The SMILES string of the molecule is COC([SiH3])(CCCCCNCCN)OC. The van der Waals surface area contributed by atoms with Crippen LogP contribution < -0.4 is 11.1 Å². The number of hydrogen-bond donors (Lipinski definition) is 2. The van der Waals surface area contributed by atoms with Crippen LogP contribution in [0.15, 0.2) is 0 Å². The van der Waals surface area contributed by atoms with Crippen molar-refractivity contribution in [2.75, 3.05) is 33.9 Å². The number of rotatable bonds is 10. The number of nitrogens with two attached hydrogens (primary N) is 1. The van der Waals surface area contributed by atoms with Gasteiger partial charge in [-0.1, -0.05) is 6.42 Å². The average molecular weight is 234 g/mol. The summed E-state index contributed by atoms with van der Waals surface area (Å²) in [5.74, 6) is 0. The van der Waals surface area contributed by atoms with Crippen molar-refractivity contribution in [2.45, 2.75) is 31.1 Å². The summed E-state index contributed by atoms with van der Waals surface area (Å²) in [6.45, 7) is 2.70. The maximum absolute atomic E-state index is 5.37. The Morgan fingerprint density at radius 1 is 1.13 bits per heavy atom. The third-order valence-electron chi connectivity index (χ3n) is 2.67. The normalized spacial score (nSPS) is 12.2. The Kier molecular flexibility index (Phi) is 9.33. The van der Waals surface area contributed by atoms with E-state index in [0.29, 0.717) is 0 Å². The topological polar surface area (TPSA) is 56.5 Å². The zero-order valence-corrected chi connectivity index (χ0v) is 12.3. The Hall–Kier alpha value is 0.0569. The predicted molar refractivity (Wildman–Crippen MR) is 67.1 cm³/mol. The third-order valence-corrected chi connectivity index (χ3v) is 3.99. The van der Waals surface area contributed by atoms with Gasteiger partial charge in [0.25, 0.3) is 0 Å². The Morgan fingerprint density at radius 2 is 1.80 bits per heavy atom. The predicted octanol–water partition coefficient (Wildman–Crippen LogP) is -0.593. The zero-order chi connectivity index (χ0) is 11.6. The summed E-state index contributed by atoms with van der Waals surface area (Å²) in [6, 6.07) is 0. The lowest BCUT2D eigenvalue weighted by atomic mass is 10.2. The van der Waals surface area contributed by atoms with E-state index in [2.05, 4.69) is 5.32 Å². The van der Waals surface area contributed by atoms with Gasteiger partial charge in [0.05, 0.1) is 10.2 Å². The van der Waals surface area contributed by atoms with Crippen molar-refractivity contribution < 1.29 is 9.47 Å². The van der Waals surface area contributed by atoms with E-state index in [4.69, 9.17) is 15.2 Å². The molecule has 0 saturated heterocycles. The first-order valence-electron chi connectivity index (χ1n) is 5.69. The standard InChI is InChI=1S/C10H26N2O2Si/c1-13-10(15,14-2)6-4-3-5-8-12-9-7-11/h12H,3-9,11H2,1-2,15H3. The summed E-state index contributed by atoms with van der Waals surface area (Å²) in [4.78, 5) is 0. The second kappa shape index (κ2) is 9.29. The van der Waals surface area contributed by atoms with Crippen molar-refractivity contribution >= 4 is 10.2 Å². The number of nitrogens with one attached hydrogen (secondary N) is 1. The molecule has 0 amide bonds. The van der Waals surface area contributed by atoms with Crippen LogP contribution in [-0.2, 0) is 9.47 Å². The molecule has 0 unspecified atom stereocenters. The summed E-state index contributed by atoms with van der Waals surface area (Å²) in [5.41, 5.74) is 5.10. The summed E-state index contributed by atoms with van der Waals surface area (Å²) in [5, 5.41) is 3.28. The molecule has 4 nitrogen and oxygen atoms in total. The van der Waals surface area contributed by atoms with E-state index in [1.165, 1.54) is 12.8 Å². The molecule has 0 saturated carbocycles. The largest absolute Gasteiger partial charge is 0.358 e. The molecule has 0 aromatic heterocycles. The number of hydrogen-bond acceptors (Lipinski definition) is 4. The van der Waals surface area contributed by atoms with Crippen molar-refractivity contribution in [1.82, 2.24) is 5.32 Å². The molecule has 0 spiro atoms. The van der Waals surface area contributed by atoms with E-state index in [0.717, 1.165) is 42.7 Å². The first-order chi connectivity index (χ1) is 7.18. The first kappa shape index (κ1) is 15.1. The average Bonchev–Trinajstić information content (AvgIpc) is 2.27. The fraction of sp³-hybridized carbons (Fsp3) is 1.00. The van der Waals surface area contributed by atoms with Crippen LogP contribution >= 0.6 is 0 Å². The van der Waals surface area contributed by atoms with Crippen LogP contribution in [0.25, 0.3) is 0 Å². The lowest BCUT2D eigenvalue weighted by Gasteiger charge is -2.26. The molecular weight excluding hydrogens is 208 g/mol. The molecule has 0 aliphatic carbocycles. The van der Waals surface area contributed by atoms with Crippen molar-refractivity contribution in [3.8, 4) is 0 Å². The van der Waals surface area contributed by atoms with E-state index in [1.807, 2.05) is 0 Å². The summed E-state index contributed by atoms with van der Waals surface area (Å²) >= 11 is 0. The highest BCUT2D eigenvalue weighted by Crippen LogP contribution is 2.15. The quantitative estimate of drug-likeness (QED) is 0.301. The molecule has 15 heavy (non-hydrogen) atoms. The van der Waals surface area contributed by atoms with Gasteiger partial charge in [-0.3, -0.25) is 0 Å². The number of methoxy groups -OCH3 is 2.